The molecule has 0 saturated carbocycles. The molecule has 0 fully saturated rings. The maximum Gasteiger partial charge on any atom is 0.169 e. The Labute approximate surface area is 69.6 Å². The molecule has 1 aliphatic heterocycles. The molecule has 0 aromatic carbocycles. The first-order valence-corrected chi connectivity index (χ1v) is 3.52. The zero-order chi connectivity index (χ0) is 8.23. The average Bonchev–Trinajstić information content (AvgIpc) is 2.21. The van der Waals surface area contributed by atoms with Crippen LogP contribution in [0.5, 0.6) is 0 Å². The third-order valence-electron chi connectivity index (χ3n) is 1.42. The van der Waals surface area contributed by atoms with Crippen molar-refractivity contribution in [3.05, 3.63) is 42.6 Å². The highest BCUT2D eigenvalue weighted by atomic mass is 16.6. The van der Waals surface area contributed by atoms with E-state index in [0.29, 0.717) is 5.84 Å². The summed E-state index contributed by atoms with van der Waals surface area (Å²) in [4.78, 5) is 12.9. The Kier molecular flexibility index (Phi) is 1.74. The second kappa shape index (κ2) is 3.04. The second-order valence-corrected chi connectivity index (χ2v) is 2.22. The Morgan fingerprint density at radius 3 is 3.08 bits per heavy atom. The van der Waals surface area contributed by atoms with Crippen molar-refractivity contribution in [2.45, 2.75) is 0 Å². The summed E-state index contributed by atoms with van der Waals surface area (Å²) in [5, 5.41) is 0. The molecule has 2 heterocycles. The summed E-state index contributed by atoms with van der Waals surface area (Å²) in [6.45, 7) is 0. The molecule has 0 atom stereocenters. The number of amidine groups is 1. The molecule has 1 N–H and O–H groups in total. The van der Waals surface area contributed by atoms with Crippen molar-refractivity contribution in [1.82, 2.24) is 10.5 Å². The van der Waals surface area contributed by atoms with Gasteiger partial charge in [-0.05, 0) is 12.1 Å². The van der Waals surface area contributed by atoms with Gasteiger partial charge in [0.05, 0.1) is 6.20 Å². The third-order valence-corrected chi connectivity index (χ3v) is 1.42. The van der Waals surface area contributed by atoms with Crippen molar-refractivity contribution in [1.29, 1.82) is 0 Å². The quantitative estimate of drug-likeness (QED) is 0.663. The summed E-state index contributed by atoms with van der Waals surface area (Å²) in [6, 6.07) is 3.75. The molecule has 0 aliphatic carbocycles. The van der Waals surface area contributed by atoms with Crippen LogP contribution in [0.2, 0.25) is 0 Å². The van der Waals surface area contributed by atoms with Crippen LogP contribution >= 0.6 is 0 Å². The Morgan fingerprint density at radius 2 is 2.42 bits per heavy atom. The van der Waals surface area contributed by atoms with Gasteiger partial charge in [-0.25, -0.2) is 10.5 Å². The van der Waals surface area contributed by atoms with E-state index in [0.717, 1.165) is 5.56 Å². The SMILES string of the molecule is C1=CONC(c2cccnc2)=N1. The zero-order valence-corrected chi connectivity index (χ0v) is 6.27. The van der Waals surface area contributed by atoms with Crippen molar-refractivity contribution in [3.8, 4) is 0 Å². The number of nitrogens with zero attached hydrogens (tertiary/aromatic N) is 2. The highest BCUT2D eigenvalue weighted by Gasteiger charge is 2.03. The molecule has 1 aromatic rings. The van der Waals surface area contributed by atoms with Crippen molar-refractivity contribution in [2.75, 3.05) is 0 Å². The van der Waals surface area contributed by atoms with Gasteiger partial charge in [-0.3, -0.25) is 4.98 Å². The van der Waals surface area contributed by atoms with E-state index < -0.39 is 0 Å². The lowest BCUT2D eigenvalue weighted by Crippen LogP contribution is -2.24. The zero-order valence-electron chi connectivity index (χ0n) is 6.27. The van der Waals surface area contributed by atoms with Crippen LogP contribution in [0.4, 0.5) is 0 Å². The van der Waals surface area contributed by atoms with Crippen LogP contribution in [-0.2, 0) is 4.84 Å². The average molecular weight is 161 g/mol. The molecule has 60 valence electrons. The van der Waals surface area contributed by atoms with E-state index in [1.807, 2.05) is 12.1 Å². The van der Waals surface area contributed by atoms with E-state index in [4.69, 9.17) is 4.84 Å². The number of aromatic nitrogens is 1. The van der Waals surface area contributed by atoms with Crippen molar-refractivity contribution in [2.24, 2.45) is 4.99 Å². The van der Waals surface area contributed by atoms with Crippen LogP contribution in [0.3, 0.4) is 0 Å². The molecule has 4 nitrogen and oxygen atoms in total. The van der Waals surface area contributed by atoms with Crippen LogP contribution in [0.1, 0.15) is 5.56 Å². The molecule has 4 heteroatoms. The summed E-state index contributed by atoms with van der Waals surface area (Å²) in [5.41, 5.74) is 3.56. The van der Waals surface area contributed by atoms with Gasteiger partial charge in [-0.15, -0.1) is 0 Å². The fourth-order valence-electron chi connectivity index (χ4n) is 0.888. The van der Waals surface area contributed by atoms with Gasteiger partial charge >= 0.3 is 0 Å². The van der Waals surface area contributed by atoms with E-state index in [9.17, 15) is 0 Å². The molecular weight excluding hydrogens is 154 g/mol. The molecule has 0 radical (unpaired) electrons. The number of rotatable bonds is 1. The number of nitrogens with one attached hydrogen (secondary N) is 1. The van der Waals surface area contributed by atoms with E-state index in [1.165, 1.54) is 6.26 Å². The van der Waals surface area contributed by atoms with Gasteiger partial charge in [0.25, 0.3) is 0 Å². The molecule has 1 aliphatic rings. The van der Waals surface area contributed by atoms with Crippen LogP contribution in [-0.4, -0.2) is 10.8 Å². The lowest BCUT2D eigenvalue weighted by molar-refractivity contribution is 0.189. The molecule has 12 heavy (non-hydrogen) atoms. The molecular formula is C8H7N3O. The monoisotopic (exact) mass is 161 g/mol. The van der Waals surface area contributed by atoms with Crippen LogP contribution in [0.25, 0.3) is 0 Å². The number of hydrogen-bond acceptors (Lipinski definition) is 4. The summed E-state index contributed by atoms with van der Waals surface area (Å²) < 4.78 is 0. The van der Waals surface area contributed by atoms with Gasteiger partial charge in [-0.1, -0.05) is 0 Å². The Balaban J connectivity index is 2.31. The van der Waals surface area contributed by atoms with E-state index in [-0.39, 0.29) is 0 Å². The lowest BCUT2D eigenvalue weighted by atomic mass is 10.3. The fraction of sp³-hybridized carbons (Fsp3) is 0. The summed E-state index contributed by atoms with van der Waals surface area (Å²) in [7, 11) is 0. The van der Waals surface area contributed by atoms with Gasteiger partial charge in [0, 0.05) is 18.0 Å². The minimum absolute atomic E-state index is 0.672. The van der Waals surface area contributed by atoms with Crippen LogP contribution in [0, 0.1) is 0 Å². The number of hydroxylamine groups is 1. The van der Waals surface area contributed by atoms with Crippen molar-refractivity contribution >= 4 is 5.84 Å². The van der Waals surface area contributed by atoms with Crippen molar-refractivity contribution in [3.63, 3.8) is 0 Å². The number of hydrogen-bond donors (Lipinski definition) is 1. The topological polar surface area (TPSA) is 46.5 Å². The Bertz CT molecular complexity index is 318. The number of aliphatic imine (C=N–C) groups is 1. The van der Waals surface area contributed by atoms with Crippen LogP contribution < -0.4 is 5.48 Å². The van der Waals surface area contributed by atoms with Gasteiger partial charge in [0.15, 0.2) is 5.84 Å². The first-order valence-electron chi connectivity index (χ1n) is 3.52. The fourth-order valence-corrected chi connectivity index (χ4v) is 0.888. The summed E-state index contributed by atoms with van der Waals surface area (Å²) in [5.74, 6) is 0.672. The molecule has 0 saturated heterocycles. The molecule has 0 spiro atoms. The van der Waals surface area contributed by atoms with Crippen LogP contribution in [0.15, 0.2) is 42.0 Å². The Hall–Kier alpha value is -1.84. The predicted molar refractivity (Wildman–Crippen MR) is 44.1 cm³/mol. The molecule has 0 unspecified atom stereocenters. The maximum atomic E-state index is 4.85. The lowest BCUT2D eigenvalue weighted by Gasteiger charge is -2.09. The minimum atomic E-state index is 0.672. The van der Waals surface area contributed by atoms with Gasteiger partial charge in [0.2, 0.25) is 0 Å². The smallest absolute Gasteiger partial charge is 0.169 e. The van der Waals surface area contributed by atoms with Crippen molar-refractivity contribution < 1.29 is 4.84 Å². The Morgan fingerprint density at radius 1 is 1.42 bits per heavy atom. The summed E-state index contributed by atoms with van der Waals surface area (Å²) >= 11 is 0. The largest absolute Gasteiger partial charge is 0.387 e. The van der Waals surface area contributed by atoms with Gasteiger partial charge < -0.3 is 4.84 Å². The normalized spacial score (nSPS) is 14.5. The maximum absolute atomic E-state index is 4.85. The predicted octanol–water partition coefficient (Wildman–Crippen LogP) is 0.834. The van der Waals surface area contributed by atoms with E-state index in [2.05, 4.69) is 15.5 Å². The molecule has 0 amide bonds. The van der Waals surface area contributed by atoms with Gasteiger partial charge in [0.1, 0.15) is 6.26 Å². The first kappa shape index (κ1) is 6.84. The van der Waals surface area contributed by atoms with E-state index >= 15 is 0 Å². The standard InChI is InChI=1S/C8H7N3O/c1-2-7(6-9-3-1)8-10-4-5-12-11-8/h1-6H,(H,10,11). The molecule has 1 aromatic heterocycles. The minimum Gasteiger partial charge on any atom is -0.387 e. The molecule has 0 bridgehead atoms. The summed E-state index contributed by atoms with van der Waals surface area (Å²) in [6.07, 6.45) is 6.48. The third kappa shape index (κ3) is 1.27. The van der Waals surface area contributed by atoms with Gasteiger partial charge in [-0.2, -0.15) is 0 Å². The first-order chi connectivity index (χ1) is 5.97. The van der Waals surface area contributed by atoms with E-state index in [1.54, 1.807) is 18.6 Å². The second-order valence-electron chi connectivity index (χ2n) is 2.22. The highest BCUT2D eigenvalue weighted by Crippen LogP contribution is 1.99. The number of pyridine rings is 1. The highest BCUT2D eigenvalue weighted by molar-refractivity contribution is 5.98. The molecule has 2 rings (SSSR count).